The van der Waals surface area contributed by atoms with Crippen molar-refractivity contribution >= 4 is 35.3 Å². The second kappa shape index (κ2) is 17.7. The molecule has 14 nitrogen and oxygen atoms in total. The molecule has 10 rings (SSSR count). The monoisotopic (exact) mass is 893 g/mol. The van der Waals surface area contributed by atoms with E-state index in [0.29, 0.717) is 55.4 Å². The number of hydrogen-bond acceptors (Lipinski definition) is 12. The third kappa shape index (κ3) is 9.07. The second-order valence-electron chi connectivity index (χ2n) is 18.7. The highest BCUT2D eigenvalue weighted by Crippen LogP contribution is 2.42. The van der Waals surface area contributed by atoms with Crippen LogP contribution >= 0.6 is 0 Å². The van der Waals surface area contributed by atoms with Crippen LogP contribution in [0.25, 0.3) is 0 Å². The summed E-state index contributed by atoms with van der Waals surface area (Å²) in [5, 5.41) is 18.5. The van der Waals surface area contributed by atoms with Crippen molar-refractivity contribution in [1.82, 2.24) is 35.0 Å². The van der Waals surface area contributed by atoms with E-state index in [4.69, 9.17) is 9.82 Å². The van der Waals surface area contributed by atoms with Gasteiger partial charge < -0.3 is 20.2 Å². The summed E-state index contributed by atoms with van der Waals surface area (Å²) >= 11 is 0. The number of imide groups is 1. The molecule has 0 spiro atoms. The number of anilines is 3. The van der Waals surface area contributed by atoms with Crippen molar-refractivity contribution in [3.8, 4) is 0 Å². The molecule has 0 radical (unpaired) electrons. The standard InChI is InChI=1S/C48H54F3N9O5/c49-48(50,51)37-25-52-46(56-43(37)60-39(17-23-65-60)32-4-2-1-3-5-32)54-41-14-10-33-28-58(20-16-38(33)53-41)27-31-8-6-30(7-9-31)26-57-21-18-47(64,19-22-57)35-11-12-36-34(24-35)29-59(45(36)63)40-13-15-42(61)55-44(40)62/h1-5,10-12,14,24-25,30-31,39-40,64H,6-9,13,15-23,26-29H2,(H,55,61,62)(H,52,53,54,56)/t30?,31?,39-,40?/m0/s1. The van der Waals surface area contributed by atoms with Crippen molar-refractivity contribution in [2.24, 2.45) is 11.8 Å². The average molecular weight is 894 g/mol. The number of nitrogens with one attached hydrogen (secondary N) is 2. The van der Waals surface area contributed by atoms with Crippen LogP contribution in [-0.4, -0.2) is 97.9 Å². The smallest absolute Gasteiger partial charge is 0.385 e. The molecule has 1 aliphatic carbocycles. The van der Waals surface area contributed by atoms with Crippen molar-refractivity contribution in [1.29, 1.82) is 0 Å². The number of piperidine rings is 2. The lowest BCUT2D eigenvalue weighted by molar-refractivity contribution is -0.138. The number of carbonyl (C=O) groups excluding carboxylic acids is 3. The Balaban J connectivity index is 0.689. The van der Waals surface area contributed by atoms with Crippen molar-refractivity contribution in [3.63, 3.8) is 0 Å². The Bertz CT molecular complexity index is 2440. The van der Waals surface area contributed by atoms with E-state index in [9.17, 15) is 32.7 Å². The molecular weight excluding hydrogens is 840 g/mol. The molecule has 4 aromatic rings. The van der Waals surface area contributed by atoms with Crippen LogP contribution in [-0.2, 0) is 45.7 Å². The molecule has 342 valence electrons. The summed E-state index contributed by atoms with van der Waals surface area (Å²) in [5.41, 5.74) is 3.19. The summed E-state index contributed by atoms with van der Waals surface area (Å²) in [6, 6.07) is 17.7. The van der Waals surface area contributed by atoms with E-state index >= 15 is 0 Å². The number of likely N-dealkylation sites (tertiary alicyclic amines) is 1. The van der Waals surface area contributed by atoms with Crippen LogP contribution in [0, 0.1) is 11.8 Å². The van der Waals surface area contributed by atoms with Crippen LogP contribution in [0.1, 0.15) is 108 Å². The number of alkyl halides is 3. The minimum Gasteiger partial charge on any atom is -0.385 e. The quantitative estimate of drug-likeness (QED) is 0.150. The van der Waals surface area contributed by atoms with E-state index in [2.05, 4.69) is 30.4 Å². The van der Waals surface area contributed by atoms with E-state index in [1.807, 2.05) is 54.6 Å². The molecule has 2 aromatic heterocycles. The highest BCUT2D eigenvalue weighted by molar-refractivity contribution is 6.05. The summed E-state index contributed by atoms with van der Waals surface area (Å²) < 4.78 is 42.6. The van der Waals surface area contributed by atoms with Gasteiger partial charge in [-0.05, 0) is 91.2 Å². The molecule has 3 saturated heterocycles. The molecule has 1 saturated carbocycles. The van der Waals surface area contributed by atoms with Crippen LogP contribution in [0.3, 0.4) is 0 Å². The first kappa shape index (κ1) is 43.4. The van der Waals surface area contributed by atoms with Crippen LogP contribution in [0.5, 0.6) is 0 Å². The summed E-state index contributed by atoms with van der Waals surface area (Å²) in [6.07, 6.45) is 3.90. The maximum absolute atomic E-state index is 14.2. The molecule has 65 heavy (non-hydrogen) atoms. The Morgan fingerprint density at radius 2 is 1.57 bits per heavy atom. The van der Waals surface area contributed by atoms with Gasteiger partial charge in [0.2, 0.25) is 17.8 Å². The number of pyridine rings is 1. The fourth-order valence-electron chi connectivity index (χ4n) is 10.9. The number of fused-ring (bicyclic) bond motifs is 2. The zero-order valence-electron chi connectivity index (χ0n) is 36.2. The lowest BCUT2D eigenvalue weighted by atomic mass is 9.80. The third-order valence-electron chi connectivity index (χ3n) is 14.5. The topological polar surface area (TPSA) is 156 Å². The Morgan fingerprint density at radius 3 is 2.31 bits per heavy atom. The van der Waals surface area contributed by atoms with Gasteiger partial charge in [0, 0.05) is 82.5 Å². The molecule has 1 unspecified atom stereocenters. The van der Waals surface area contributed by atoms with E-state index in [0.717, 1.165) is 79.8 Å². The number of aromatic nitrogens is 3. The SMILES string of the molecule is O=C1CCC(N2Cc3cc(C4(O)CCN(CC5CCC(CN6CCc7nc(Nc8ncc(C(F)(F)F)c(N9OCC[C@H]9c9ccccc9)n8)ccc7C6)CC5)CC4)ccc3C2=O)C(=O)N1. The normalized spacial score (nSPS) is 25.1. The van der Waals surface area contributed by atoms with Gasteiger partial charge in [0.05, 0.1) is 18.2 Å². The average Bonchev–Trinajstić information content (AvgIpc) is 3.92. The van der Waals surface area contributed by atoms with Gasteiger partial charge in [-0.25, -0.2) is 15.0 Å². The zero-order valence-corrected chi connectivity index (χ0v) is 36.2. The largest absolute Gasteiger partial charge is 0.421 e. The van der Waals surface area contributed by atoms with Gasteiger partial charge in [0.1, 0.15) is 17.4 Å². The van der Waals surface area contributed by atoms with Gasteiger partial charge in [-0.2, -0.15) is 18.2 Å². The Labute approximate surface area is 375 Å². The van der Waals surface area contributed by atoms with Crippen molar-refractivity contribution < 1.29 is 37.5 Å². The van der Waals surface area contributed by atoms with E-state index in [-0.39, 0.29) is 36.6 Å². The number of nitrogens with zero attached hydrogens (tertiary/aromatic N) is 7. The number of hydroxylamine groups is 1. The van der Waals surface area contributed by atoms with Crippen molar-refractivity contribution in [2.45, 2.75) is 101 Å². The van der Waals surface area contributed by atoms with E-state index in [1.165, 1.54) is 30.7 Å². The fourth-order valence-corrected chi connectivity index (χ4v) is 10.9. The zero-order chi connectivity index (χ0) is 44.9. The molecule has 2 atom stereocenters. The first-order chi connectivity index (χ1) is 31.4. The van der Waals surface area contributed by atoms with Crippen LogP contribution in [0.4, 0.5) is 30.8 Å². The first-order valence-electron chi connectivity index (χ1n) is 23.0. The van der Waals surface area contributed by atoms with Gasteiger partial charge in [-0.1, -0.05) is 48.5 Å². The number of carbonyl (C=O) groups is 3. The molecular formula is C48H54F3N9O5. The van der Waals surface area contributed by atoms with Gasteiger partial charge >= 0.3 is 6.18 Å². The first-order valence-corrected chi connectivity index (χ1v) is 23.0. The predicted octanol–water partition coefficient (Wildman–Crippen LogP) is 6.43. The summed E-state index contributed by atoms with van der Waals surface area (Å²) in [7, 11) is 0. The Morgan fingerprint density at radius 1 is 0.815 bits per heavy atom. The van der Waals surface area contributed by atoms with Gasteiger partial charge in [-0.3, -0.25) is 29.4 Å². The fraction of sp³-hybridized carbons (Fsp3) is 0.500. The Kier molecular flexibility index (Phi) is 11.8. The van der Waals surface area contributed by atoms with Crippen LogP contribution in [0.2, 0.25) is 0 Å². The molecule has 0 bridgehead atoms. The Hall–Kier alpha value is -5.49. The third-order valence-corrected chi connectivity index (χ3v) is 14.5. The summed E-state index contributed by atoms with van der Waals surface area (Å²) in [5.74, 6) is 0.447. The second-order valence-corrected chi connectivity index (χ2v) is 18.7. The van der Waals surface area contributed by atoms with Gasteiger partial charge in [0.15, 0.2) is 5.82 Å². The number of amides is 3. The van der Waals surface area contributed by atoms with Gasteiger partial charge in [-0.15, -0.1) is 0 Å². The maximum Gasteiger partial charge on any atom is 0.421 e. The van der Waals surface area contributed by atoms with Crippen molar-refractivity contribution in [2.75, 3.05) is 49.7 Å². The lowest BCUT2D eigenvalue weighted by Crippen LogP contribution is -2.52. The number of halogens is 3. The molecule has 6 aliphatic rings. The number of hydrogen-bond donors (Lipinski definition) is 3. The molecule has 5 aliphatic heterocycles. The molecule has 4 fully saturated rings. The number of rotatable bonds is 10. The van der Waals surface area contributed by atoms with Crippen molar-refractivity contribution in [3.05, 3.63) is 106 Å². The number of aliphatic hydroxyl groups is 1. The lowest BCUT2D eigenvalue weighted by Gasteiger charge is -2.41. The maximum atomic E-state index is 14.2. The predicted molar refractivity (Wildman–Crippen MR) is 233 cm³/mol. The highest BCUT2D eigenvalue weighted by Gasteiger charge is 2.43. The van der Waals surface area contributed by atoms with Crippen LogP contribution in [0.15, 0.2) is 66.9 Å². The van der Waals surface area contributed by atoms with E-state index < -0.39 is 35.3 Å². The molecule has 3 amide bonds. The minimum absolute atomic E-state index is 0.00927. The van der Waals surface area contributed by atoms with Crippen LogP contribution < -0.4 is 15.7 Å². The molecule has 17 heteroatoms. The van der Waals surface area contributed by atoms with E-state index in [1.54, 1.807) is 11.0 Å². The molecule has 7 heterocycles. The summed E-state index contributed by atoms with van der Waals surface area (Å²) in [4.78, 5) is 62.8. The minimum atomic E-state index is -4.67. The highest BCUT2D eigenvalue weighted by atomic mass is 19.4. The van der Waals surface area contributed by atoms with Gasteiger partial charge in [0.25, 0.3) is 5.91 Å². The number of benzene rings is 2. The molecule has 3 N–H and O–H groups in total. The molecule has 2 aromatic carbocycles. The summed E-state index contributed by atoms with van der Waals surface area (Å²) in [6.45, 7) is 5.90.